The van der Waals surface area contributed by atoms with E-state index in [0.717, 1.165) is 12.8 Å². The van der Waals surface area contributed by atoms with Crippen molar-refractivity contribution in [3.05, 3.63) is 38.8 Å². The van der Waals surface area contributed by atoms with Gasteiger partial charge in [-0.15, -0.1) is 11.3 Å². The number of carboxylic acids is 1. The average molecular weight is 292 g/mol. The lowest BCUT2D eigenvalue weighted by atomic mass is 10.5. The summed E-state index contributed by atoms with van der Waals surface area (Å²) >= 11 is 1.23. The summed E-state index contributed by atoms with van der Waals surface area (Å²) in [7, 11) is 0. The Balaban J connectivity index is 1.73. The smallest absolute Gasteiger partial charge is 0.355 e. The van der Waals surface area contributed by atoms with Crippen molar-refractivity contribution >= 4 is 23.1 Å². The fraction of sp³-hybridized carbons (Fsp3) is 0.333. The van der Waals surface area contributed by atoms with E-state index in [-0.39, 0.29) is 23.6 Å². The molecule has 8 heteroatoms. The summed E-state index contributed by atoms with van der Waals surface area (Å²) in [6.45, 7) is 0.287. The molecule has 7 nitrogen and oxygen atoms in total. The minimum Gasteiger partial charge on any atom is -0.476 e. The zero-order valence-electron chi connectivity index (χ0n) is 10.4. The first-order valence-electron chi connectivity index (χ1n) is 6.14. The van der Waals surface area contributed by atoms with Gasteiger partial charge in [-0.05, 0) is 12.8 Å². The van der Waals surface area contributed by atoms with E-state index in [0.29, 0.717) is 11.0 Å². The number of aromatic carboxylic acids is 1. The molecule has 2 aromatic heterocycles. The summed E-state index contributed by atoms with van der Waals surface area (Å²) in [6, 6.07) is 0.296. The standard InChI is InChI=1S/C12H12N4O3S/c17-11-10(13-3-4-16(11)7-1-2-7)14-5-9-15-8(6-20-9)12(18)19/h3-4,6-7H,1-2,5H2,(H,13,14)(H,18,19). The molecule has 0 bridgehead atoms. The number of carbonyl (C=O) groups is 1. The lowest BCUT2D eigenvalue weighted by Crippen LogP contribution is -2.23. The molecule has 3 rings (SSSR count). The highest BCUT2D eigenvalue weighted by molar-refractivity contribution is 7.09. The second-order valence-electron chi connectivity index (χ2n) is 4.50. The van der Waals surface area contributed by atoms with E-state index in [1.54, 1.807) is 17.0 Å². The summed E-state index contributed by atoms with van der Waals surface area (Å²) < 4.78 is 1.68. The van der Waals surface area contributed by atoms with Crippen LogP contribution in [0.4, 0.5) is 5.82 Å². The third kappa shape index (κ3) is 2.55. The van der Waals surface area contributed by atoms with Gasteiger partial charge in [-0.3, -0.25) is 4.79 Å². The second kappa shape index (κ2) is 5.04. The van der Waals surface area contributed by atoms with Crippen LogP contribution in [-0.4, -0.2) is 25.6 Å². The van der Waals surface area contributed by atoms with E-state index in [1.165, 1.54) is 16.7 Å². The predicted octanol–water partition coefficient (Wildman–Crippen LogP) is 1.34. The van der Waals surface area contributed by atoms with Crippen molar-refractivity contribution in [2.45, 2.75) is 25.4 Å². The SMILES string of the molecule is O=C(O)c1csc(CNc2nccn(C3CC3)c2=O)n1. The Labute approximate surface area is 117 Å². The maximum Gasteiger partial charge on any atom is 0.355 e. The molecule has 104 valence electrons. The van der Waals surface area contributed by atoms with Crippen LogP contribution in [0.2, 0.25) is 0 Å². The third-order valence-electron chi connectivity index (χ3n) is 2.99. The van der Waals surface area contributed by atoms with Gasteiger partial charge in [-0.2, -0.15) is 0 Å². The first-order valence-corrected chi connectivity index (χ1v) is 7.02. The molecule has 0 atom stereocenters. The summed E-state index contributed by atoms with van der Waals surface area (Å²) in [5, 5.41) is 13.8. The molecular formula is C12H12N4O3S. The quantitative estimate of drug-likeness (QED) is 0.863. The van der Waals surface area contributed by atoms with Crippen molar-refractivity contribution < 1.29 is 9.90 Å². The lowest BCUT2D eigenvalue weighted by Gasteiger charge is -2.06. The summed E-state index contributed by atoms with van der Waals surface area (Å²) in [4.78, 5) is 30.8. The van der Waals surface area contributed by atoms with Crippen LogP contribution in [0.15, 0.2) is 22.6 Å². The van der Waals surface area contributed by atoms with Gasteiger partial charge < -0.3 is 15.0 Å². The number of nitrogens with one attached hydrogen (secondary N) is 1. The van der Waals surface area contributed by atoms with Crippen molar-refractivity contribution in [1.82, 2.24) is 14.5 Å². The van der Waals surface area contributed by atoms with Crippen LogP contribution >= 0.6 is 11.3 Å². The lowest BCUT2D eigenvalue weighted by molar-refractivity contribution is 0.0691. The predicted molar refractivity (Wildman–Crippen MR) is 73.2 cm³/mol. The molecule has 1 aliphatic rings. The maximum absolute atomic E-state index is 12.1. The zero-order valence-corrected chi connectivity index (χ0v) is 11.3. The average Bonchev–Trinajstić information content (AvgIpc) is 3.15. The number of carboxylic acid groups (broad SMARTS) is 1. The van der Waals surface area contributed by atoms with E-state index < -0.39 is 5.97 Å². The van der Waals surface area contributed by atoms with Crippen molar-refractivity contribution in [2.75, 3.05) is 5.32 Å². The van der Waals surface area contributed by atoms with Gasteiger partial charge in [-0.1, -0.05) is 0 Å². The fourth-order valence-corrected chi connectivity index (χ4v) is 2.54. The van der Waals surface area contributed by atoms with Crippen molar-refractivity contribution in [2.24, 2.45) is 0 Å². The van der Waals surface area contributed by atoms with Gasteiger partial charge in [0.1, 0.15) is 5.01 Å². The molecule has 0 amide bonds. The number of hydrogen-bond acceptors (Lipinski definition) is 6. The van der Waals surface area contributed by atoms with E-state index >= 15 is 0 Å². The minimum absolute atomic E-state index is 0.0169. The molecule has 0 unspecified atom stereocenters. The van der Waals surface area contributed by atoms with Gasteiger partial charge in [0.2, 0.25) is 0 Å². The van der Waals surface area contributed by atoms with E-state index in [1.807, 2.05) is 0 Å². The first-order chi connectivity index (χ1) is 9.65. The van der Waals surface area contributed by atoms with Crippen molar-refractivity contribution in [3.63, 3.8) is 0 Å². The molecule has 1 saturated carbocycles. The summed E-state index contributed by atoms with van der Waals surface area (Å²) in [6.07, 6.45) is 5.33. The molecule has 2 heterocycles. The summed E-state index contributed by atoms with van der Waals surface area (Å²) in [5.41, 5.74) is -0.131. The molecule has 0 spiro atoms. The van der Waals surface area contributed by atoms with Gasteiger partial charge in [-0.25, -0.2) is 14.8 Å². The number of thiazole rings is 1. The third-order valence-corrected chi connectivity index (χ3v) is 3.83. The van der Waals surface area contributed by atoms with Crippen molar-refractivity contribution in [3.8, 4) is 0 Å². The highest BCUT2D eigenvalue weighted by Crippen LogP contribution is 2.33. The Kier molecular flexibility index (Phi) is 3.23. The van der Waals surface area contributed by atoms with Crippen LogP contribution in [0.3, 0.4) is 0 Å². The fourth-order valence-electron chi connectivity index (χ4n) is 1.84. The van der Waals surface area contributed by atoms with Crippen LogP contribution in [0.5, 0.6) is 0 Å². The van der Waals surface area contributed by atoms with Crippen LogP contribution in [-0.2, 0) is 6.54 Å². The molecular weight excluding hydrogens is 280 g/mol. The van der Waals surface area contributed by atoms with Gasteiger partial charge in [0.05, 0.1) is 6.54 Å². The van der Waals surface area contributed by atoms with Gasteiger partial charge in [0.15, 0.2) is 11.5 Å². The molecule has 2 N–H and O–H groups in total. The zero-order chi connectivity index (χ0) is 14.1. The monoisotopic (exact) mass is 292 g/mol. The topological polar surface area (TPSA) is 97.1 Å². The Morgan fingerprint density at radius 1 is 1.55 bits per heavy atom. The van der Waals surface area contributed by atoms with Crippen LogP contribution in [0.25, 0.3) is 0 Å². The number of rotatable bonds is 5. The van der Waals surface area contributed by atoms with Crippen molar-refractivity contribution in [1.29, 1.82) is 0 Å². The maximum atomic E-state index is 12.1. The highest BCUT2D eigenvalue weighted by atomic mass is 32.1. The molecule has 1 fully saturated rings. The largest absolute Gasteiger partial charge is 0.476 e. The van der Waals surface area contributed by atoms with Gasteiger partial charge >= 0.3 is 5.97 Å². The van der Waals surface area contributed by atoms with Crippen LogP contribution in [0, 0.1) is 0 Å². The number of aromatic nitrogens is 3. The number of nitrogens with zero attached hydrogens (tertiary/aromatic N) is 3. The van der Waals surface area contributed by atoms with E-state index in [2.05, 4.69) is 15.3 Å². The normalized spacial score (nSPS) is 14.2. The Hall–Kier alpha value is -2.22. The Morgan fingerprint density at radius 3 is 3.00 bits per heavy atom. The van der Waals surface area contributed by atoms with E-state index in [4.69, 9.17) is 5.11 Å². The molecule has 0 aliphatic heterocycles. The first kappa shape index (κ1) is 12.8. The van der Waals surface area contributed by atoms with Crippen LogP contribution in [0.1, 0.15) is 34.4 Å². The molecule has 2 aromatic rings. The summed E-state index contributed by atoms with van der Waals surface area (Å²) in [5.74, 6) is -0.784. The Bertz CT molecular complexity index is 705. The molecule has 0 radical (unpaired) electrons. The molecule has 20 heavy (non-hydrogen) atoms. The highest BCUT2D eigenvalue weighted by Gasteiger charge is 2.25. The number of hydrogen-bond donors (Lipinski definition) is 2. The van der Waals surface area contributed by atoms with E-state index in [9.17, 15) is 9.59 Å². The molecule has 0 aromatic carbocycles. The minimum atomic E-state index is -1.05. The second-order valence-corrected chi connectivity index (χ2v) is 5.45. The Morgan fingerprint density at radius 2 is 2.35 bits per heavy atom. The molecule has 0 saturated heterocycles. The molecule has 1 aliphatic carbocycles. The number of anilines is 1. The van der Waals surface area contributed by atoms with Crippen LogP contribution < -0.4 is 10.9 Å². The van der Waals surface area contributed by atoms with Gasteiger partial charge in [0, 0.05) is 23.8 Å². The van der Waals surface area contributed by atoms with Gasteiger partial charge in [0.25, 0.3) is 5.56 Å².